The third kappa shape index (κ3) is 3.19. The molecule has 0 aromatic carbocycles. The van der Waals surface area contributed by atoms with Crippen molar-refractivity contribution in [1.29, 1.82) is 0 Å². The molecule has 1 heterocycles. The van der Waals surface area contributed by atoms with Crippen LogP contribution in [0.1, 0.15) is 31.9 Å². The van der Waals surface area contributed by atoms with Gasteiger partial charge in [0.2, 0.25) is 5.09 Å². The minimum absolute atomic E-state index is 0.0546. The molecule has 0 radical (unpaired) electrons. The summed E-state index contributed by atoms with van der Waals surface area (Å²) in [5.41, 5.74) is 0. The zero-order valence-corrected chi connectivity index (χ0v) is 12.4. The Kier molecular flexibility index (Phi) is 4.65. The van der Waals surface area contributed by atoms with E-state index in [-0.39, 0.29) is 5.09 Å². The van der Waals surface area contributed by atoms with Crippen LogP contribution in [-0.4, -0.2) is 32.9 Å². The van der Waals surface area contributed by atoms with E-state index in [1.165, 1.54) is 10.7 Å². The molecule has 0 spiro atoms. The van der Waals surface area contributed by atoms with E-state index in [4.69, 9.17) is 4.42 Å². The Morgan fingerprint density at radius 1 is 1.42 bits per heavy atom. The summed E-state index contributed by atoms with van der Waals surface area (Å²) in [4.78, 5) is 0. The highest BCUT2D eigenvalue weighted by molar-refractivity contribution is 7.89. The van der Waals surface area contributed by atoms with Gasteiger partial charge in [0.05, 0.1) is 6.54 Å². The lowest BCUT2D eigenvalue weighted by Crippen LogP contribution is -2.37. The van der Waals surface area contributed by atoms with Gasteiger partial charge in [-0.1, -0.05) is 13.3 Å². The minimum atomic E-state index is -3.48. The number of hydrogen-bond acceptors (Lipinski definition) is 4. The molecule has 1 fully saturated rings. The smallest absolute Gasteiger partial charge is 0.276 e. The van der Waals surface area contributed by atoms with E-state index >= 15 is 0 Å². The van der Waals surface area contributed by atoms with Crippen LogP contribution in [-0.2, 0) is 16.6 Å². The lowest BCUT2D eigenvalue weighted by Gasteiger charge is -2.30. The highest BCUT2D eigenvalue weighted by atomic mass is 32.2. The maximum Gasteiger partial charge on any atom is 0.276 e. The van der Waals surface area contributed by atoms with E-state index in [9.17, 15) is 8.42 Å². The third-order valence-corrected chi connectivity index (χ3v) is 5.44. The highest BCUT2D eigenvalue weighted by Gasteiger charge is 2.30. The van der Waals surface area contributed by atoms with Crippen molar-refractivity contribution in [1.82, 2.24) is 9.62 Å². The van der Waals surface area contributed by atoms with Crippen LogP contribution in [0.5, 0.6) is 0 Å². The molecule has 0 bridgehead atoms. The molecule has 1 aliphatic rings. The SMILES string of the molecule is CCN(CC1CCC1)S(=O)(=O)c1ccc(CNC)o1. The summed E-state index contributed by atoms with van der Waals surface area (Å²) in [5, 5.41) is 2.99. The van der Waals surface area contributed by atoms with Gasteiger partial charge in [-0.15, -0.1) is 0 Å². The maximum atomic E-state index is 12.5. The minimum Gasteiger partial charge on any atom is -0.447 e. The van der Waals surface area contributed by atoms with Crippen molar-refractivity contribution in [2.45, 2.75) is 37.8 Å². The molecule has 19 heavy (non-hydrogen) atoms. The summed E-state index contributed by atoms with van der Waals surface area (Å²) in [5.74, 6) is 1.15. The summed E-state index contributed by atoms with van der Waals surface area (Å²) < 4.78 is 31.9. The Morgan fingerprint density at radius 2 is 2.16 bits per heavy atom. The predicted octanol–water partition coefficient (Wildman–Crippen LogP) is 1.81. The molecule has 0 unspecified atom stereocenters. The van der Waals surface area contributed by atoms with Gasteiger partial charge >= 0.3 is 0 Å². The maximum absolute atomic E-state index is 12.5. The Morgan fingerprint density at radius 3 is 2.68 bits per heavy atom. The van der Waals surface area contributed by atoms with Crippen LogP contribution in [0, 0.1) is 5.92 Å². The standard InChI is InChI=1S/C13H22N2O3S/c1-3-15(10-11-5-4-6-11)19(16,17)13-8-7-12(18-13)9-14-2/h7-8,11,14H,3-6,9-10H2,1-2H3. The van der Waals surface area contributed by atoms with Crippen molar-refractivity contribution in [3.05, 3.63) is 17.9 Å². The largest absolute Gasteiger partial charge is 0.447 e. The van der Waals surface area contributed by atoms with Crippen LogP contribution in [0.25, 0.3) is 0 Å². The summed E-state index contributed by atoms with van der Waals surface area (Å²) >= 11 is 0. The highest BCUT2D eigenvalue weighted by Crippen LogP contribution is 2.29. The molecule has 6 heteroatoms. The average molecular weight is 286 g/mol. The summed E-state index contributed by atoms with van der Waals surface area (Å²) in [6.45, 7) is 3.50. The first-order chi connectivity index (χ1) is 9.07. The van der Waals surface area contributed by atoms with Gasteiger partial charge < -0.3 is 9.73 Å². The van der Waals surface area contributed by atoms with E-state index in [0.29, 0.717) is 31.3 Å². The van der Waals surface area contributed by atoms with E-state index in [1.807, 2.05) is 6.92 Å². The van der Waals surface area contributed by atoms with E-state index in [2.05, 4.69) is 5.32 Å². The first-order valence-electron chi connectivity index (χ1n) is 6.81. The van der Waals surface area contributed by atoms with Crippen molar-refractivity contribution in [2.75, 3.05) is 20.1 Å². The first-order valence-corrected chi connectivity index (χ1v) is 8.25. The zero-order chi connectivity index (χ0) is 13.9. The van der Waals surface area contributed by atoms with Crippen molar-refractivity contribution >= 4 is 10.0 Å². The van der Waals surface area contributed by atoms with Gasteiger partial charge in [-0.2, -0.15) is 4.31 Å². The molecule has 2 rings (SSSR count). The summed E-state index contributed by atoms with van der Waals surface area (Å²) in [7, 11) is -1.68. The topological polar surface area (TPSA) is 62.6 Å². The van der Waals surface area contributed by atoms with Gasteiger partial charge in [0, 0.05) is 13.1 Å². The molecule has 1 aromatic rings. The average Bonchev–Trinajstić information content (AvgIpc) is 2.77. The molecule has 1 aliphatic carbocycles. The van der Waals surface area contributed by atoms with Gasteiger partial charge in [-0.25, -0.2) is 8.42 Å². The van der Waals surface area contributed by atoms with Crippen molar-refractivity contribution in [3.63, 3.8) is 0 Å². The monoisotopic (exact) mass is 286 g/mol. The van der Waals surface area contributed by atoms with Gasteiger partial charge in [0.15, 0.2) is 0 Å². The van der Waals surface area contributed by atoms with Gasteiger partial charge in [0.25, 0.3) is 10.0 Å². The van der Waals surface area contributed by atoms with Crippen LogP contribution in [0.15, 0.2) is 21.6 Å². The second kappa shape index (κ2) is 6.07. The van der Waals surface area contributed by atoms with Crippen LogP contribution in [0.2, 0.25) is 0 Å². The fourth-order valence-electron chi connectivity index (χ4n) is 2.25. The molecule has 1 aromatic heterocycles. The number of nitrogens with one attached hydrogen (secondary N) is 1. The molecule has 5 nitrogen and oxygen atoms in total. The number of furan rings is 1. The third-order valence-electron chi connectivity index (χ3n) is 3.62. The lowest BCUT2D eigenvalue weighted by molar-refractivity contribution is 0.246. The van der Waals surface area contributed by atoms with Gasteiger partial charge in [-0.3, -0.25) is 0 Å². The molecule has 0 saturated heterocycles. The fourth-order valence-corrected chi connectivity index (χ4v) is 3.71. The van der Waals surface area contributed by atoms with Crippen LogP contribution in [0.3, 0.4) is 0 Å². The fraction of sp³-hybridized carbons (Fsp3) is 0.692. The number of rotatable bonds is 7. The second-order valence-electron chi connectivity index (χ2n) is 5.00. The molecule has 0 atom stereocenters. The Bertz CT molecular complexity index is 506. The molecule has 108 valence electrons. The molecule has 0 aliphatic heterocycles. The molecular formula is C13H22N2O3S. The Hall–Kier alpha value is -0.850. The lowest BCUT2D eigenvalue weighted by atomic mass is 9.85. The quantitative estimate of drug-likeness (QED) is 0.830. The second-order valence-corrected chi connectivity index (χ2v) is 6.87. The zero-order valence-electron chi connectivity index (χ0n) is 11.6. The summed E-state index contributed by atoms with van der Waals surface area (Å²) in [6.07, 6.45) is 3.49. The van der Waals surface area contributed by atoms with E-state index in [0.717, 1.165) is 12.8 Å². The van der Waals surface area contributed by atoms with Crippen molar-refractivity contribution < 1.29 is 12.8 Å². The van der Waals surface area contributed by atoms with Gasteiger partial charge in [0.1, 0.15) is 5.76 Å². The Labute approximate surface area is 115 Å². The number of sulfonamides is 1. The van der Waals surface area contributed by atoms with Crippen molar-refractivity contribution in [2.24, 2.45) is 5.92 Å². The van der Waals surface area contributed by atoms with Crippen LogP contribution in [0.4, 0.5) is 0 Å². The van der Waals surface area contributed by atoms with Crippen molar-refractivity contribution in [3.8, 4) is 0 Å². The Balaban J connectivity index is 2.13. The van der Waals surface area contributed by atoms with Crippen LogP contribution < -0.4 is 5.32 Å². The normalized spacial score (nSPS) is 16.8. The van der Waals surface area contributed by atoms with E-state index in [1.54, 1.807) is 19.2 Å². The number of nitrogens with zero attached hydrogens (tertiary/aromatic N) is 1. The number of hydrogen-bond donors (Lipinski definition) is 1. The predicted molar refractivity (Wildman–Crippen MR) is 73.2 cm³/mol. The molecule has 1 saturated carbocycles. The summed E-state index contributed by atoms with van der Waals surface area (Å²) in [6, 6.07) is 3.26. The molecule has 0 amide bonds. The molecule has 1 N–H and O–H groups in total. The van der Waals surface area contributed by atoms with Crippen LogP contribution >= 0.6 is 0 Å². The van der Waals surface area contributed by atoms with E-state index < -0.39 is 10.0 Å². The first kappa shape index (κ1) is 14.6. The van der Waals surface area contributed by atoms with Gasteiger partial charge in [-0.05, 0) is 37.9 Å². The molecular weight excluding hydrogens is 264 g/mol.